The van der Waals surface area contributed by atoms with Crippen LogP contribution in [-0.2, 0) is 25.5 Å². The van der Waals surface area contributed by atoms with Crippen LogP contribution in [0.25, 0.3) is 0 Å². The highest BCUT2D eigenvalue weighted by molar-refractivity contribution is 8.04. The van der Waals surface area contributed by atoms with Crippen LogP contribution in [0.15, 0.2) is 59.2 Å². The Morgan fingerprint density at radius 3 is 2.74 bits per heavy atom. The summed E-state index contributed by atoms with van der Waals surface area (Å²) in [5, 5.41) is 21.0. The molecule has 0 bridgehead atoms. The topological polar surface area (TPSA) is 106 Å². The fourth-order valence-electron chi connectivity index (χ4n) is 6.14. The summed E-state index contributed by atoms with van der Waals surface area (Å²) in [5.41, 5.74) is 4.21. The number of benzene rings is 1. The van der Waals surface area contributed by atoms with Crippen molar-refractivity contribution in [2.45, 2.75) is 83.6 Å². The summed E-state index contributed by atoms with van der Waals surface area (Å²) in [7, 11) is 0. The number of aliphatic hydroxyl groups excluding tert-OH is 1. The van der Waals surface area contributed by atoms with Gasteiger partial charge in [-0.3, -0.25) is 9.69 Å². The Hall–Kier alpha value is -3.01. The molecule has 0 saturated carbocycles. The van der Waals surface area contributed by atoms with Gasteiger partial charge >= 0.3 is 5.97 Å². The van der Waals surface area contributed by atoms with Crippen molar-refractivity contribution < 1.29 is 34.0 Å². The number of aromatic hydroxyl groups is 1. The van der Waals surface area contributed by atoms with Crippen LogP contribution >= 0.6 is 11.8 Å². The Kier molecular flexibility index (Phi) is 11.2. The van der Waals surface area contributed by atoms with E-state index in [2.05, 4.69) is 33.1 Å². The molecule has 9 heteroatoms. The normalized spacial score (nSPS) is 23.8. The zero-order valence-electron chi connectivity index (χ0n) is 25.8. The van der Waals surface area contributed by atoms with Crippen LogP contribution < -0.4 is 4.74 Å². The molecule has 1 amide bonds. The van der Waals surface area contributed by atoms with E-state index in [1.807, 2.05) is 19.1 Å². The van der Waals surface area contributed by atoms with Gasteiger partial charge in [-0.2, -0.15) is 0 Å². The standard InChI is InChI=1S/C34H45NO7S/c1-7-9-10-11-23-16-26(37)30(25-15-21(5)12-13-24(25)20(3)4)27(17-23)42-19-40-18-28-31(34(39)41-14-8-2)35-32(38)29(22(6)36)33(35)43-28/h8,15-17,22,24-25,29,33,36-37H,2-3,7,9-14,18-19H2,1,4-6H3/t22-,24+,25-,29+,33-/m1/s1. The monoisotopic (exact) mass is 611 g/mol. The van der Waals surface area contributed by atoms with E-state index in [1.165, 1.54) is 28.3 Å². The number of hydrogen-bond acceptors (Lipinski definition) is 8. The molecular weight excluding hydrogens is 566 g/mol. The molecule has 1 aliphatic carbocycles. The Bertz CT molecular complexity index is 1300. The van der Waals surface area contributed by atoms with Gasteiger partial charge in [-0.25, -0.2) is 4.79 Å². The lowest BCUT2D eigenvalue weighted by molar-refractivity contribution is -0.158. The quantitative estimate of drug-likeness (QED) is 0.0778. The Balaban J connectivity index is 1.55. The van der Waals surface area contributed by atoms with E-state index in [1.54, 1.807) is 6.92 Å². The van der Waals surface area contributed by atoms with E-state index < -0.39 is 18.0 Å². The second-order valence-corrected chi connectivity index (χ2v) is 13.0. The number of aryl methyl sites for hydroxylation is 1. The molecule has 8 nitrogen and oxygen atoms in total. The number of ether oxygens (including phenoxy) is 3. The van der Waals surface area contributed by atoms with E-state index in [0.717, 1.165) is 55.2 Å². The number of thioether (sulfide) groups is 1. The first-order valence-corrected chi connectivity index (χ1v) is 16.0. The predicted molar refractivity (Wildman–Crippen MR) is 168 cm³/mol. The maximum Gasteiger partial charge on any atom is 0.356 e. The van der Waals surface area contributed by atoms with Crippen molar-refractivity contribution in [1.82, 2.24) is 4.90 Å². The van der Waals surface area contributed by atoms with Crippen LogP contribution in [0.2, 0.25) is 0 Å². The van der Waals surface area contributed by atoms with Crippen LogP contribution in [0, 0.1) is 11.8 Å². The summed E-state index contributed by atoms with van der Waals surface area (Å²) in [4.78, 5) is 27.6. The Morgan fingerprint density at radius 2 is 2.07 bits per heavy atom. The van der Waals surface area contributed by atoms with Gasteiger partial charge in [0.05, 0.1) is 18.6 Å². The van der Waals surface area contributed by atoms with E-state index in [-0.39, 0.29) is 54.6 Å². The minimum atomic E-state index is -0.841. The maximum absolute atomic E-state index is 12.9. The number of fused-ring (bicyclic) bond motifs is 1. The lowest BCUT2D eigenvalue weighted by atomic mass is 9.73. The van der Waals surface area contributed by atoms with E-state index in [9.17, 15) is 19.8 Å². The lowest BCUT2D eigenvalue weighted by Crippen LogP contribution is -2.60. The van der Waals surface area contributed by atoms with Gasteiger partial charge in [0.15, 0.2) is 6.79 Å². The highest BCUT2D eigenvalue weighted by Crippen LogP contribution is 2.51. The first-order chi connectivity index (χ1) is 20.6. The largest absolute Gasteiger partial charge is 0.507 e. The molecule has 0 radical (unpaired) electrons. The molecule has 234 valence electrons. The van der Waals surface area contributed by atoms with Crippen LogP contribution in [0.3, 0.4) is 0 Å². The fourth-order valence-corrected chi connectivity index (χ4v) is 7.68. The minimum absolute atomic E-state index is 0.0118. The van der Waals surface area contributed by atoms with Gasteiger partial charge in [0.2, 0.25) is 5.91 Å². The van der Waals surface area contributed by atoms with Gasteiger partial charge in [-0.05, 0) is 70.1 Å². The van der Waals surface area contributed by atoms with Crippen molar-refractivity contribution in [2.24, 2.45) is 11.8 Å². The van der Waals surface area contributed by atoms with Crippen molar-refractivity contribution >= 4 is 23.6 Å². The van der Waals surface area contributed by atoms with Crippen molar-refractivity contribution in [2.75, 3.05) is 20.0 Å². The van der Waals surface area contributed by atoms with Gasteiger partial charge in [0.1, 0.15) is 29.2 Å². The fraction of sp³-hybridized carbons (Fsp3) is 0.529. The first-order valence-electron chi connectivity index (χ1n) is 15.2. The smallest absolute Gasteiger partial charge is 0.356 e. The van der Waals surface area contributed by atoms with Gasteiger partial charge in [-0.1, -0.05) is 68.0 Å². The number of allylic oxidation sites excluding steroid dienone is 3. The van der Waals surface area contributed by atoms with Gasteiger partial charge < -0.3 is 24.4 Å². The summed E-state index contributed by atoms with van der Waals surface area (Å²) in [6.45, 7) is 15.6. The van der Waals surface area contributed by atoms with E-state index in [0.29, 0.717) is 10.7 Å². The summed E-state index contributed by atoms with van der Waals surface area (Å²) >= 11 is 1.32. The average molecular weight is 612 g/mol. The molecule has 43 heavy (non-hydrogen) atoms. The van der Waals surface area contributed by atoms with E-state index >= 15 is 0 Å². The summed E-state index contributed by atoms with van der Waals surface area (Å²) in [6.07, 6.45) is 8.83. The van der Waals surface area contributed by atoms with Crippen LogP contribution in [-0.4, -0.2) is 58.5 Å². The molecule has 2 heterocycles. The number of amides is 1. The number of unbranched alkanes of at least 4 members (excludes halogenated alkanes) is 2. The molecule has 1 saturated heterocycles. The predicted octanol–water partition coefficient (Wildman–Crippen LogP) is 6.35. The summed E-state index contributed by atoms with van der Waals surface area (Å²) in [5.74, 6) is -0.666. The maximum atomic E-state index is 12.9. The summed E-state index contributed by atoms with van der Waals surface area (Å²) < 4.78 is 17.4. The third-order valence-electron chi connectivity index (χ3n) is 8.39. The lowest BCUT2D eigenvalue weighted by Gasteiger charge is -2.43. The molecule has 3 aliphatic rings. The molecule has 1 aromatic carbocycles. The molecule has 2 N–H and O–H groups in total. The minimum Gasteiger partial charge on any atom is -0.507 e. The number of carbonyl (C=O) groups excluding carboxylic acids is 2. The van der Waals surface area contributed by atoms with Gasteiger partial charge in [0.25, 0.3) is 0 Å². The van der Waals surface area contributed by atoms with Gasteiger partial charge in [0, 0.05) is 16.4 Å². The van der Waals surface area contributed by atoms with Crippen molar-refractivity contribution in [3.63, 3.8) is 0 Å². The van der Waals surface area contributed by atoms with Crippen molar-refractivity contribution in [1.29, 1.82) is 0 Å². The van der Waals surface area contributed by atoms with E-state index in [4.69, 9.17) is 14.2 Å². The number of rotatable bonds is 15. The summed E-state index contributed by atoms with van der Waals surface area (Å²) in [6, 6.07) is 3.85. The molecule has 0 aromatic heterocycles. The van der Waals surface area contributed by atoms with Crippen LogP contribution in [0.1, 0.15) is 76.8 Å². The third-order valence-corrected chi connectivity index (χ3v) is 9.73. The highest BCUT2D eigenvalue weighted by atomic mass is 32.2. The molecule has 0 spiro atoms. The van der Waals surface area contributed by atoms with Crippen molar-refractivity contribution in [3.05, 3.63) is 70.3 Å². The number of phenolic OH excluding ortho intramolecular Hbond substituents is 1. The SMILES string of the molecule is C=CCOC(=O)C1=C(COCOc2cc(CCCCC)cc(O)c2[C@@H]2C=C(C)CC[C@H]2C(=C)C)S[C@@H]2[C@@H]([C@@H](C)O)C(=O)N12. The zero-order chi connectivity index (χ0) is 31.3. The Labute approximate surface area is 259 Å². The highest BCUT2D eigenvalue weighted by Gasteiger charge is 2.57. The first kappa shape index (κ1) is 32.9. The molecule has 1 aromatic rings. The molecule has 1 fully saturated rings. The Morgan fingerprint density at radius 1 is 1.30 bits per heavy atom. The molecule has 0 unspecified atom stereocenters. The number of carbonyl (C=O) groups is 2. The number of phenols is 1. The van der Waals surface area contributed by atoms with Gasteiger partial charge in [-0.15, -0.1) is 0 Å². The number of esters is 1. The second kappa shape index (κ2) is 14.6. The zero-order valence-corrected chi connectivity index (χ0v) is 26.6. The van der Waals surface area contributed by atoms with Crippen LogP contribution in [0.4, 0.5) is 0 Å². The molecule has 5 atom stereocenters. The van der Waals surface area contributed by atoms with Crippen molar-refractivity contribution in [3.8, 4) is 11.5 Å². The number of aliphatic hydroxyl groups is 1. The molecular formula is C34H45NO7S. The third kappa shape index (κ3) is 7.21. The molecule has 4 rings (SSSR count). The number of nitrogens with zero attached hydrogens (tertiary/aromatic N) is 1. The van der Waals surface area contributed by atoms with Crippen LogP contribution in [0.5, 0.6) is 11.5 Å². The molecule has 2 aliphatic heterocycles. The number of β-lactam (4-membered cyclic amide) rings is 1. The number of hydrogen-bond donors (Lipinski definition) is 2. The average Bonchev–Trinajstić information content (AvgIpc) is 3.27. The second-order valence-electron chi connectivity index (χ2n) is 11.8.